The number of nitrogens with zero attached hydrogens (tertiary/aromatic N) is 1. The van der Waals surface area contributed by atoms with Crippen LogP contribution >= 0.6 is 0 Å². The van der Waals surface area contributed by atoms with Crippen LogP contribution in [-0.4, -0.2) is 25.3 Å². The standard InChI is InChI=1S/C21H26FNO4S/c1-4-5-9-21(24)23(16(2)3)15-17-7-6-8-19(14-17)27-28(25,26)20-12-10-18(22)11-13-20/h6-8,10-14,16H,4-5,9,15H2,1-3H3. The van der Waals surface area contributed by atoms with Crippen LogP contribution in [0.1, 0.15) is 45.6 Å². The van der Waals surface area contributed by atoms with Crippen LogP contribution in [0.25, 0.3) is 0 Å². The lowest BCUT2D eigenvalue weighted by molar-refractivity contribution is -0.133. The molecule has 0 fully saturated rings. The maximum absolute atomic E-state index is 13.0. The summed E-state index contributed by atoms with van der Waals surface area (Å²) in [6, 6.07) is 11.1. The number of hydrogen-bond acceptors (Lipinski definition) is 4. The van der Waals surface area contributed by atoms with E-state index in [1.165, 1.54) is 6.07 Å². The molecule has 0 aromatic heterocycles. The molecule has 0 radical (unpaired) electrons. The molecule has 0 bridgehead atoms. The van der Waals surface area contributed by atoms with Gasteiger partial charge in [-0.3, -0.25) is 4.79 Å². The Kier molecular flexibility index (Phi) is 7.57. The van der Waals surface area contributed by atoms with E-state index in [2.05, 4.69) is 0 Å². The zero-order valence-electron chi connectivity index (χ0n) is 16.4. The molecule has 0 heterocycles. The van der Waals surface area contributed by atoms with E-state index in [4.69, 9.17) is 4.18 Å². The van der Waals surface area contributed by atoms with Crippen molar-refractivity contribution in [3.8, 4) is 5.75 Å². The van der Waals surface area contributed by atoms with E-state index >= 15 is 0 Å². The van der Waals surface area contributed by atoms with Crippen LogP contribution in [0.15, 0.2) is 53.4 Å². The molecule has 0 saturated carbocycles. The van der Waals surface area contributed by atoms with Crippen LogP contribution in [-0.2, 0) is 21.5 Å². The van der Waals surface area contributed by atoms with Crippen LogP contribution in [0.5, 0.6) is 5.75 Å². The van der Waals surface area contributed by atoms with E-state index in [0.29, 0.717) is 13.0 Å². The Balaban J connectivity index is 2.16. The predicted octanol–water partition coefficient (Wildman–Crippen LogP) is 4.52. The van der Waals surface area contributed by atoms with E-state index < -0.39 is 15.9 Å². The van der Waals surface area contributed by atoms with E-state index in [1.54, 1.807) is 17.0 Å². The van der Waals surface area contributed by atoms with Gasteiger partial charge in [0.05, 0.1) is 0 Å². The smallest absolute Gasteiger partial charge is 0.339 e. The highest BCUT2D eigenvalue weighted by Crippen LogP contribution is 2.21. The highest BCUT2D eigenvalue weighted by Gasteiger charge is 2.19. The quantitative estimate of drug-likeness (QED) is 0.573. The zero-order valence-corrected chi connectivity index (χ0v) is 17.2. The summed E-state index contributed by atoms with van der Waals surface area (Å²) in [6.07, 6.45) is 2.27. The van der Waals surface area contributed by atoms with Gasteiger partial charge in [0.1, 0.15) is 16.5 Å². The fourth-order valence-corrected chi connectivity index (χ4v) is 3.62. The van der Waals surface area contributed by atoms with Crippen LogP contribution < -0.4 is 4.18 Å². The largest absolute Gasteiger partial charge is 0.379 e. The van der Waals surface area contributed by atoms with Crippen molar-refractivity contribution in [2.45, 2.75) is 57.5 Å². The Morgan fingerprint density at radius 3 is 2.43 bits per heavy atom. The minimum Gasteiger partial charge on any atom is -0.379 e. The first-order valence-electron chi connectivity index (χ1n) is 9.31. The molecular formula is C21H26FNO4S. The lowest BCUT2D eigenvalue weighted by atomic mass is 10.1. The summed E-state index contributed by atoms with van der Waals surface area (Å²) in [4.78, 5) is 14.1. The summed E-state index contributed by atoms with van der Waals surface area (Å²) < 4.78 is 42.9. The minimum atomic E-state index is -4.07. The number of amides is 1. The van der Waals surface area contributed by atoms with Gasteiger partial charge in [-0.25, -0.2) is 4.39 Å². The van der Waals surface area contributed by atoms with Crippen molar-refractivity contribution in [2.24, 2.45) is 0 Å². The topological polar surface area (TPSA) is 63.7 Å². The van der Waals surface area contributed by atoms with Crippen molar-refractivity contribution in [2.75, 3.05) is 0 Å². The summed E-state index contributed by atoms with van der Waals surface area (Å²) in [5, 5.41) is 0. The summed E-state index contributed by atoms with van der Waals surface area (Å²) >= 11 is 0. The Hall–Kier alpha value is -2.41. The zero-order chi connectivity index (χ0) is 20.7. The highest BCUT2D eigenvalue weighted by atomic mass is 32.2. The molecule has 0 saturated heterocycles. The van der Waals surface area contributed by atoms with Gasteiger partial charge in [0, 0.05) is 19.0 Å². The number of hydrogen-bond donors (Lipinski definition) is 0. The Morgan fingerprint density at radius 2 is 1.82 bits per heavy atom. The van der Waals surface area contributed by atoms with E-state index in [9.17, 15) is 17.6 Å². The third-order valence-electron chi connectivity index (χ3n) is 4.25. The maximum atomic E-state index is 13.0. The molecule has 152 valence electrons. The van der Waals surface area contributed by atoms with Crippen molar-refractivity contribution in [1.82, 2.24) is 4.90 Å². The molecule has 2 rings (SSSR count). The lowest BCUT2D eigenvalue weighted by Gasteiger charge is -2.27. The van der Waals surface area contributed by atoms with Crippen molar-refractivity contribution in [3.63, 3.8) is 0 Å². The third kappa shape index (κ3) is 6.05. The van der Waals surface area contributed by atoms with Crippen molar-refractivity contribution in [3.05, 3.63) is 59.9 Å². The summed E-state index contributed by atoms with van der Waals surface area (Å²) in [6.45, 7) is 6.30. The van der Waals surface area contributed by atoms with Crippen molar-refractivity contribution < 1.29 is 21.8 Å². The highest BCUT2D eigenvalue weighted by molar-refractivity contribution is 7.87. The van der Waals surface area contributed by atoms with Gasteiger partial charge in [-0.05, 0) is 62.2 Å². The van der Waals surface area contributed by atoms with Gasteiger partial charge in [0.25, 0.3) is 0 Å². The number of benzene rings is 2. The summed E-state index contributed by atoms with van der Waals surface area (Å²) in [5.74, 6) is -0.309. The molecule has 5 nitrogen and oxygen atoms in total. The van der Waals surface area contributed by atoms with E-state index in [0.717, 1.165) is 42.7 Å². The van der Waals surface area contributed by atoms with Gasteiger partial charge in [-0.15, -0.1) is 0 Å². The number of rotatable bonds is 9. The normalized spacial score (nSPS) is 11.5. The van der Waals surface area contributed by atoms with Gasteiger partial charge < -0.3 is 9.08 Å². The number of carbonyl (C=O) groups is 1. The molecule has 7 heteroatoms. The summed E-state index contributed by atoms with van der Waals surface area (Å²) in [7, 11) is -4.07. The first-order valence-corrected chi connectivity index (χ1v) is 10.7. The van der Waals surface area contributed by atoms with E-state index in [-0.39, 0.29) is 22.6 Å². The monoisotopic (exact) mass is 407 g/mol. The molecule has 1 amide bonds. The fourth-order valence-electron chi connectivity index (χ4n) is 2.70. The minimum absolute atomic E-state index is 0.0249. The second-order valence-corrected chi connectivity index (χ2v) is 8.40. The van der Waals surface area contributed by atoms with Crippen LogP contribution in [0, 0.1) is 5.82 Å². The average molecular weight is 408 g/mol. The second kappa shape index (κ2) is 9.68. The van der Waals surface area contributed by atoms with Gasteiger partial charge in [-0.1, -0.05) is 25.5 Å². The third-order valence-corrected chi connectivity index (χ3v) is 5.51. The first kappa shape index (κ1) is 21.9. The molecule has 2 aromatic carbocycles. The van der Waals surface area contributed by atoms with Gasteiger partial charge in [-0.2, -0.15) is 8.42 Å². The predicted molar refractivity (Wildman–Crippen MR) is 106 cm³/mol. The van der Waals surface area contributed by atoms with Crippen molar-refractivity contribution in [1.29, 1.82) is 0 Å². The number of carbonyl (C=O) groups excluding carboxylic acids is 1. The molecule has 28 heavy (non-hydrogen) atoms. The summed E-state index contributed by atoms with van der Waals surface area (Å²) in [5.41, 5.74) is 0.769. The lowest BCUT2D eigenvalue weighted by Crippen LogP contribution is -2.36. The number of unbranched alkanes of at least 4 members (excludes halogenated alkanes) is 1. The first-order chi connectivity index (χ1) is 13.2. The fraction of sp³-hybridized carbons (Fsp3) is 0.381. The van der Waals surface area contributed by atoms with Gasteiger partial charge in [0.15, 0.2) is 0 Å². The van der Waals surface area contributed by atoms with Gasteiger partial charge >= 0.3 is 10.1 Å². The van der Waals surface area contributed by atoms with Crippen LogP contribution in [0.2, 0.25) is 0 Å². The SMILES string of the molecule is CCCCC(=O)N(Cc1cccc(OS(=O)(=O)c2ccc(F)cc2)c1)C(C)C. The molecule has 0 atom stereocenters. The van der Waals surface area contributed by atoms with Crippen LogP contribution in [0.4, 0.5) is 4.39 Å². The maximum Gasteiger partial charge on any atom is 0.339 e. The average Bonchev–Trinajstić information content (AvgIpc) is 2.64. The van der Waals surface area contributed by atoms with E-state index in [1.807, 2.05) is 26.8 Å². The molecular weight excluding hydrogens is 381 g/mol. The number of halogens is 1. The molecule has 0 spiro atoms. The molecule has 0 aliphatic rings. The molecule has 2 aromatic rings. The van der Waals surface area contributed by atoms with Gasteiger partial charge in [0.2, 0.25) is 5.91 Å². The molecule has 0 aliphatic carbocycles. The molecule has 0 aliphatic heterocycles. The molecule has 0 unspecified atom stereocenters. The Labute approximate surface area is 166 Å². The second-order valence-electron chi connectivity index (χ2n) is 6.86. The molecule has 0 N–H and O–H groups in total. The Bertz CT molecular complexity index is 895. The Morgan fingerprint density at radius 1 is 1.14 bits per heavy atom. The van der Waals surface area contributed by atoms with Crippen molar-refractivity contribution >= 4 is 16.0 Å². The van der Waals surface area contributed by atoms with Crippen LogP contribution in [0.3, 0.4) is 0 Å².